The van der Waals surface area contributed by atoms with Crippen LogP contribution < -0.4 is 0 Å². The van der Waals surface area contributed by atoms with Gasteiger partial charge in [-0.05, 0) is 20.3 Å². The van der Waals surface area contributed by atoms with E-state index in [-0.39, 0.29) is 6.42 Å². The quantitative estimate of drug-likeness (QED) is 0.484. The number of hydrogen-bond donors (Lipinski definition) is 1. The second-order valence-electron chi connectivity index (χ2n) is 4.27. The lowest BCUT2D eigenvalue weighted by Crippen LogP contribution is -2.49. The molecule has 0 saturated heterocycles. The number of hydrogen-bond acceptors (Lipinski definition) is 4. The third kappa shape index (κ3) is 4.60. The number of unbranched alkanes of at least 4 members (excludes halogenated alkanes) is 1. The molecule has 96 valence electrons. The van der Waals surface area contributed by atoms with Crippen LogP contribution in [-0.2, 0) is 14.3 Å². The van der Waals surface area contributed by atoms with E-state index in [1.807, 2.05) is 0 Å². The normalized spacial score (nSPS) is 18.8. The molecule has 4 nitrogen and oxygen atoms in total. The van der Waals surface area contributed by atoms with Crippen molar-refractivity contribution in [3.8, 4) is 0 Å². The minimum atomic E-state index is -0.760. The summed E-state index contributed by atoms with van der Waals surface area (Å²) in [6.45, 7) is 6.08. The standard InChI is InChI=1S/C12H24O4/c1-5-6-9-16-11(10(2)14)12(3,15-4)7-8-13/h8,10-11,14H,5-7,9H2,1-4H3/t10-,11-,12+/m0/s1. The van der Waals surface area contributed by atoms with Crippen molar-refractivity contribution in [2.45, 2.75) is 57.8 Å². The van der Waals surface area contributed by atoms with E-state index in [1.54, 1.807) is 13.8 Å². The molecule has 0 heterocycles. The number of ether oxygens (including phenoxy) is 2. The molecule has 0 aromatic carbocycles. The smallest absolute Gasteiger partial charge is 0.122 e. The highest BCUT2D eigenvalue weighted by Crippen LogP contribution is 2.24. The van der Waals surface area contributed by atoms with Gasteiger partial charge >= 0.3 is 0 Å². The molecule has 0 aliphatic carbocycles. The van der Waals surface area contributed by atoms with Crippen molar-refractivity contribution in [2.24, 2.45) is 0 Å². The molecule has 0 aromatic rings. The predicted octanol–water partition coefficient (Wildman–Crippen LogP) is 1.55. The van der Waals surface area contributed by atoms with Crippen LogP contribution in [0.15, 0.2) is 0 Å². The zero-order valence-corrected chi connectivity index (χ0v) is 10.7. The molecule has 3 atom stereocenters. The number of aldehydes is 1. The molecule has 0 saturated carbocycles. The molecule has 0 aromatic heterocycles. The molecule has 0 unspecified atom stereocenters. The van der Waals surface area contributed by atoms with E-state index in [0.717, 1.165) is 19.1 Å². The Morgan fingerprint density at radius 3 is 2.50 bits per heavy atom. The van der Waals surface area contributed by atoms with E-state index in [0.29, 0.717) is 6.61 Å². The molecular formula is C12H24O4. The van der Waals surface area contributed by atoms with Gasteiger partial charge in [-0.15, -0.1) is 0 Å². The van der Waals surface area contributed by atoms with Crippen molar-refractivity contribution in [2.75, 3.05) is 13.7 Å². The predicted molar refractivity (Wildman–Crippen MR) is 62.4 cm³/mol. The Kier molecular flexibility index (Phi) is 7.55. The fourth-order valence-corrected chi connectivity index (χ4v) is 1.66. The Labute approximate surface area is 97.9 Å². The maximum Gasteiger partial charge on any atom is 0.122 e. The van der Waals surface area contributed by atoms with Gasteiger partial charge in [-0.25, -0.2) is 0 Å². The van der Waals surface area contributed by atoms with E-state index >= 15 is 0 Å². The Morgan fingerprint density at radius 2 is 2.12 bits per heavy atom. The monoisotopic (exact) mass is 232 g/mol. The second-order valence-corrected chi connectivity index (χ2v) is 4.27. The summed E-state index contributed by atoms with van der Waals surface area (Å²) in [7, 11) is 1.53. The zero-order chi connectivity index (χ0) is 12.6. The van der Waals surface area contributed by atoms with Gasteiger partial charge in [0, 0.05) is 20.1 Å². The highest BCUT2D eigenvalue weighted by molar-refractivity contribution is 5.51. The summed E-state index contributed by atoms with van der Waals surface area (Å²) >= 11 is 0. The summed E-state index contributed by atoms with van der Waals surface area (Å²) in [5, 5.41) is 9.68. The van der Waals surface area contributed by atoms with Crippen molar-refractivity contribution in [1.29, 1.82) is 0 Å². The fraction of sp³-hybridized carbons (Fsp3) is 0.917. The van der Waals surface area contributed by atoms with E-state index in [2.05, 4.69) is 6.92 Å². The van der Waals surface area contributed by atoms with Crippen LogP contribution in [0.5, 0.6) is 0 Å². The molecule has 0 aliphatic rings. The summed E-state index contributed by atoms with van der Waals surface area (Å²) in [5.41, 5.74) is -0.760. The molecule has 1 N–H and O–H groups in total. The van der Waals surface area contributed by atoms with E-state index in [1.165, 1.54) is 7.11 Å². The van der Waals surface area contributed by atoms with Crippen molar-refractivity contribution in [3.05, 3.63) is 0 Å². The minimum absolute atomic E-state index is 0.213. The number of carbonyl (C=O) groups is 1. The lowest BCUT2D eigenvalue weighted by atomic mass is 9.92. The number of rotatable bonds is 9. The summed E-state index contributed by atoms with van der Waals surface area (Å²) in [5.74, 6) is 0. The summed E-state index contributed by atoms with van der Waals surface area (Å²) < 4.78 is 10.9. The van der Waals surface area contributed by atoms with Gasteiger partial charge in [0.25, 0.3) is 0 Å². The van der Waals surface area contributed by atoms with E-state index in [4.69, 9.17) is 9.47 Å². The van der Waals surface area contributed by atoms with Crippen LogP contribution >= 0.6 is 0 Å². The van der Waals surface area contributed by atoms with Crippen LogP contribution in [0.3, 0.4) is 0 Å². The van der Waals surface area contributed by atoms with Crippen LogP contribution in [0.2, 0.25) is 0 Å². The van der Waals surface area contributed by atoms with Gasteiger partial charge < -0.3 is 19.4 Å². The summed E-state index contributed by atoms with van der Waals surface area (Å²) in [6, 6.07) is 0. The van der Waals surface area contributed by atoms with Crippen molar-refractivity contribution < 1.29 is 19.4 Å². The van der Waals surface area contributed by atoms with Gasteiger partial charge in [-0.2, -0.15) is 0 Å². The average molecular weight is 232 g/mol. The largest absolute Gasteiger partial charge is 0.391 e. The number of methoxy groups -OCH3 is 1. The Bertz CT molecular complexity index is 193. The molecule has 0 rings (SSSR count). The van der Waals surface area contributed by atoms with Crippen molar-refractivity contribution in [3.63, 3.8) is 0 Å². The van der Waals surface area contributed by atoms with E-state index in [9.17, 15) is 9.90 Å². The first-order chi connectivity index (χ1) is 7.51. The van der Waals surface area contributed by atoms with Crippen LogP contribution in [0.25, 0.3) is 0 Å². The van der Waals surface area contributed by atoms with Gasteiger partial charge in [0.15, 0.2) is 0 Å². The number of aliphatic hydroxyl groups is 1. The maximum atomic E-state index is 10.6. The minimum Gasteiger partial charge on any atom is -0.391 e. The van der Waals surface area contributed by atoms with Crippen LogP contribution in [0, 0.1) is 0 Å². The van der Waals surface area contributed by atoms with Gasteiger partial charge in [-0.3, -0.25) is 0 Å². The molecule has 0 fully saturated rings. The molecule has 4 heteroatoms. The van der Waals surface area contributed by atoms with Gasteiger partial charge in [-0.1, -0.05) is 13.3 Å². The highest BCUT2D eigenvalue weighted by atomic mass is 16.6. The fourth-order valence-electron chi connectivity index (χ4n) is 1.66. The van der Waals surface area contributed by atoms with Crippen molar-refractivity contribution >= 4 is 6.29 Å². The summed E-state index contributed by atoms with van der Waals surface area (Å²) in [4.78, 5) is 10.6. The summed E-state index contributed by atoms with van der Waals surface area (Å²) in [6.07, 6.45) is 1.83. The highest BCUT2D eigenvalue weighted by Gasteiger charge is 2.38. The Hall–Kier alpha value is -0.450. The Morgan fingerprint density at radius 1 is 1.50 bits per heavy atom. The maximum absolute atomic E-state index is 10.6. The van der Waals surface area contributed by atoms with Gasteiger partial charge in [0.2, 0.25) is 0 Å². The van der Waals surface area contributed by atoms with Gasteiger partial charge in [0.1, 0.15) is 18.0 Å². The Balaban J connectivity index is 4.52. The molecule has 0 aliphatic heterocycles. The number of aliphatic hydroxyl groups excluding tert-OH is 1. The molecule has 0 amide bonds. The van der Waals surface area contributed by atoms with Crippen LogP contribution in [-0.4, -0.2) is 42.9 Å². The molecule has 0 spiro atoms. The van der Waals surface area contributed by atoms with Crippen molar-refractivity contribution in [1.82, 2.24) is 0 Å². The molecule has 16 heavy (non-hydrogen) atoms. The molecular weight excluding hydrogens is 208 g/mol. The van der Waals surface area contributed by atoms with Gasteiger partial charge in [0.05, 0.1) is 6.10 Å². The third-order valence-electron chi connectivity index (χ3n) is 2.79. The third-order valence-corrected chi connectivity index (χ3v) is 2.79. The first-order valence-corrected chi connectivity index (χ1v) is 5.80. The topological polar surface area (TPSA) is 55.8 Å². The second kappa shape index (κ2) is 7.76. The molecule has 0 radical (unpaired) electrons. The van der Waals surface area contributed by atoms with Crippen LogP contribution in [0.4, 0.5) is 0 Å². The SMILES string of the molecule is CCCCO[C@@H]([C@H](C)O)[C@@](C)(CC=O)OC. The zero-order valence-electron chi connectivity index (χ0n) is 10.7. The van der Waals surface area contributed by atoms with Crippen LogP contribution in [0.1, 0.15) is 40.0 Å². The lowest BCUT2D eigenvalue weighted by Gasteiger charge is -2.36. The average Bonchev–Trinajstić information content (AvgIpc) is 2.24. The molecule has 0 bridgehead atoms. The first kappa shape index (κ1) is 15.6. The van der Waals surface area contributed by atoms with E-state index < -0.39 is 17.8 Å². The lowest BCUT2D eigenvalue weighted by molar-refractivity contribution is -0.162. The first-order valence-electron chi connectivity index (χ1n) is 5.80. The number of carbonyl (C=O) groups excluding carboxylic acids is 1.